The first kappa shape index (κ1) is 22.7. The number of carbonyl (C=O) groups is 1. The molecule has 0 bridgehead atoms. The van der Waals surface area contributed by atoms with Crippen molar-refractivity contribution in [2.45, 2.75) is 72.6 Å². The predicted molar refractivity (Wildman–Crippen MR) is 94.7 cm³/mol. The van der Waals surface area contributed by atoms with Crippen molar-refractivity contribution in [3.8, 4) is 0 Å². The maximum absolute atomic E-state index is 11.9. The highest BCUT2D eigenvalue weighted by atomic mass is 16.2. The van der Waals surface area contributed by atoms with Gasteiger partial charge in [-0.25, -0.2) is 0 Å². The van der Waals surface area contributed by atoms with Crippen LogP contribution < -0.4 is 0 Å². The second kappa shape index (κ2) is 15.8. The van der Waals surface area contributed by atoms with E-state index in [0.717, 1.165) is 38.3 Å². The first-order valence-electron chi connectivity index (χ1n) is 8.82. The van der Waals surface area contributed by atoms with Gasteiger partial charge in [-0.15, -0.1) is 0 Å². The van der Waals surface area contributed by atoms with Crippen LogP contribution in [0.1, 0.15) is 72.6 Å². The normalized spacial score (nSPS) is 10.5. The molecular formula is C18H40N2O. The third-order valence-electron chi connectivity index (χ3n) is 3.45. The van der Waals surface area contributed by atoms with Crippen molar-refractivity contribution in [3.63, 3.8) is 0 Å². The minimum atomic E-state index is 0.316. The Morgan fingerprint density at radius 3 is 1.95 bits per heavy atom. The number of amides is 1. The molecule has 0 saturated carbocycles. The molecule has 0 aromatic carbocycles. The van der Waals surface area contributed by atoms with Gasteiger partial charge in [0.2, 0.25) is 5.91 Å². The predicted octanol–water partition coefficient (Wildman–Crippen LogP) is 4.42. The summed E-state index contributed by atoms with van der Waals surface area (Å²) in [7, 11) is 6.15. The van der Waals surface area contributed by atoms with Crippen molar-refractivity contribution in [1.29, 1.82) is 0 Å². The molecule has 0 N–H and O–H groups in total. The summed E-state index contributed by atoms with van der Waals surface area (Å²) >= 11 is 0. The molecule has 0 aromatic rings. The smallest absolute Gasteiger partial charge is 0.222 e. The van der Waals surface area contributed by atoms with E-state index in [9.17, 15) is 4.79 Å². The van der Waals surface area contributed by atoms with Gasteiger partial charge < -0.3 is 9.80 Å². The summed E-state index contributed by atoms with van der Waals surface area (Å²) in [5.41, 5.74) is 0. The SMILES string of the molecule is CC.CC(C)CCCN(C)C(=O)CCCCCCN(C)C. The highest BCUT2D eigenvalue weighted by molar-refractivity contribution is 5.75. The Morgan fingerprint density at radius 2 is 1.43 bits per heavy atom. The van der Waals surface area contributed by atoms with Gasteiger partial charge in [0.25, 0.3) is 0 Å². The summed E-state index contributed by atoms with van der Waals surface area (Å²) in [6, 6.07) is 0. The molecule has 0 unspecified atom stereocenters. The molecule has 0 fully saturated rings. The minimum absolute atomic E-state index is 0.316. The third kappa shape index (κ3) is 17.4. The second-order valence-corrected chi connectivity index (χ2v) is 6.32. The topological polar surface area (TPSA) is 23.6 Å². The average Bonchev–Trinajstić information content (AvgIpc) is 2.43. The molecule has 0 aromatic heterocycles. The Balaban J connectivity index is 0. The molecule has 0 atom stereocenters. The van der Waals surface area contributed by atoms with E-state index in [2.05, 4.69) is 32.8 Å². The Kier molecular flexibility index (Phi) is 17.1. The number of nitrogens with zero attached hydrogens (tertiary/aromatic N) is 2. The zero-order valence-electron chi connectivity index (χ0n) is 15.7. The van der Waals surface area contributed by atoms with Crippen LogP contribution in [-0.2, 0) is 4.79 Å². The fraction of sp³-hybridized carbons (Fsp3) is 0.944. The highest BCUT2D eigenvalue weighted by Gasteiger charge is 2.08. The average molecular weight is 301 g/mol. The summed E-state index contributed by atoms with van der Waals surface area (Å²) in [5, 5.41) is 0. The van der Waals surface area contributed by atoms with Crippen LogP contribution in [0.25, 0.3) is 0 Å². The van der Waals surface area contributed by atoms with Gasteiger partial charge in [-0.3, -0.25) is 4.79 Å². The molecule has 0 spiro atoms. The van der Waals surface area contributed by atoms with Crippen molar-refractivity contribution >= 4 is 5.91 Å². The zero-order chi connectivity index (χ0) is 16.7. The highest BCUT2D eigenvalue weighted by Crippen LogP contribution is 2.08. The van der Waals surface area contributed by atoms with E-state index < -0.39 is 0 Å². The molecule has 3 heteroatoms. The molecule has 128 valence electrons. The lowest BCUT2D eigenvalue weighted by Crippen LogP contribution is -2.27. The first-order valence-corrected chi connectivity index (χ1v) is 8.82. The van der Waals surface area contributed by atoms with E-state index in [-0.39, 0.29) is 0 Å². The van der Waals surface area contributed by atoms with Crippen LogP contribution in [-0.4, -0.2) is 49.9 Å². The van der Waals surface area contributed by atoms with Gasteiger partial charge in [-0.05, 0) is 52.2 Å². The first-order chi connectivity index (χ1) is 9.93. The van der Waals surface area contributed by atoms with Crippen molar-refractivity contribution in [2.75, 3.05) is 34.2 Å². The van der Waals surface area contributed by atoms with Crippen molar-refractivity contribution in [2.24, 2.45) is 5.92 Å². The summed E-state index contributed by atoms with van der Waals surface area (Å²) in [6.45, 7) is 10.5. The van der Waals surface area contributed by atoms with Crippen LogP contribution >= 0.6 is 0 Å². The minimum Gasteiger partial charge on any atom is -0.346 e. The largest absolute Gasteiger partial charge is 0.346 e. The molecule has 0 heterocycles. The second-order valence-electron chi connectivity index (χ2n) is 6.32. The van der Waals surface area contributed by atoms with Crippen molar-refractivity contribution in [3.05, 3.63) is 0 Å². The van der Waals surface area contributed by atoms with E-state index in [1.807, 2.05) is 25.8 Å². The van der Waals surface area contributed by atoms with E-state index >= 15 is 0 Å². The lowest BCUT2D eigenvalue weighted by Gasteiger charge is -2.17. The molecule has 21 heavy (non-hydrogen) atoms. The van der Waals surface area contributed by atoms with Crippen LogP contribution in [0.4, 0.5) is 0 Å². The fourth-order valence-electron chi connectivity index (χ4n) is 2.11. The van der Waals surface area contributed by atoms with Gasteiger partial charge in [0.15, 0.2) is 0 Å². The van der Waals surface area contributed by atoms with Gasteiger partial charge in [0, 0.05) is 20.0 Å². The van der Waals surface area contributed by atoms with Crippen molar-refractivity contribution < 1.29 is 4.79 Å². The summed E-state index contributed by atoms with van der Waals surface area (Å²) < 4.78 is 0. The number of rotatable bonds is 11. The van der Waals surface area contributed by atoms with Gasteiger partial charge in [0.1, 0.15) is 0 Å². The van der Waals surface area contributed by atoms with Crippen LogP contribution in [0.5, 0.6) is 0 Å². The number of hydrogen-bond donors (Lipinski definition) is 0. The summed E-state index contributed by atoms with van der Waals surface area (Å²) in [6.07, 6.45) is 7.76. The fourth-order valence-corrected chi connectivity index (χ4v) is 2.11. The van der Waals surface area contributed by atoms with E-state index in [4.69, 9.17) is 0 Å². The summed E-state index contributed by atoms with van der Waals surface area (Å²) in [5.74, 6) is 1.05. The van der Waals surface area contributed by atoms with Crippen LogP contribution in [0, 0.1) is 5.92 Å². The maximum atomic E-state index is 11.9. The van der Waals surface area contributed by atoms with E-state index in [1.165, 1.54) is 25.7 Å². The van der Waals surface area contributed by atoms with E-state index in [0.29, 0.717) is 5.91 Å². The quantitative estimate of drug-likeness (QED) is 0.527. The lowest BCUT2D eigenvalue weighted by molar-refractivity contribution is -0.130. The van der Waals surface area contributed by atoms with Gasteiger partial charge in [0.05, 0.1) is 0 Å². The Labute approximate surface area is 134 Å². The zero-order valence-corrected chi connectivity index (χ0v) is 15.7. The number of unbranched alkanes of at least 4 members (excludes halogenated alkanes) is 3. The molecule has 0 aliphatic carbocycles. The van der Waals surface area contributed by atoms with Crippen LogP contribution in [0.2, 0.25) is 0 Å². The molecule has 0 aliphatic heterocycles. The molecule has 0 aliphatic rings. The molecular weight excluding hydrogens is 260 g/mol. The molecule has 3 nitrogen and oxygen atoms in total. The standard InChI is InChI=1S/C16H34N2O.C2H6/c1-15(2)11-10-14-18(5)16(19)12-8-6-7-9-13-17(3)4;1-2/h15H,6-14H2,1-5H3;1-2H3. The third-order valence-corrected chi connectivity index (χ3v) is 3.45. The Hall–Kier alpha value is -0.570. The molecule has 0 radical (unpaired) electrons. The van der Waals surface area contributed by atoms with Gasteiger partial charge >= 0.3 is 0 Å². The monoisotopic (exact) mass is 300 g/mol. The van der Waals surface area contributed by atoms with E-state index in [1.54, 1.807) is 0 Å². The lowest BCUT2D eigenvalue weighted by atomic mass is 10.1. The molecule has 0 saturated heterocycles. The number of hydrogen-bond acceptors (Lipinski definition) is 2. The number of carbonyl (C=O) groups excluding carboxylic acids is 1. The summed E-state index contributed by atoms with van der Waals surface area (Å²) in [4.78, 5) is 16.0. The van der Waals surface area contributed by atoms with Crippen LogP contribution in [0.3, 0.4) is 0 Å². The van der Waals surface area contributed by atoms with Crippen molar-refractivity contribution in [1.82, 2.24) is 9.80 Å². The Bertz CT molecular complexity index is 227. The Morgan fingerprint density at radius 1 is 0.857 bits per heavy atom. The van der Waals surface area contributed by atoms with Gasteiger partial charge in [-0.1, -0.05) is 40.5 Å². The van der Waals surface area contributed by atoms with Gasteiger partial charge in [-0.2, -0.15) is 0 Å². The van der Waals surface area contributed by atoms with Crippen LogP contribution in [0.15, 0.2) is 0 Å². The molecule has 0 rings (SSSR count). The molecule has 1 amide bonds. The maximum Gasteiger partial charge on any atom is 0.222 e.